The summed E-state index contributed by atoms with van der Waals surface area (Å²) in [4.78, 5) is 18.7. The van der Waals surface area contributed by atoms with E-state index in [2.05, 4.69) is 20.6 Å². The zero-order chi connectivity index (χ0) is 16.0. The SMILES string of the molecule is CC(C)(C)OC(=O)NCc1ccccc1NCc1cnc[nH]1. The van der Waals surface area contributed by atoms with Gasteiger partial charge in [0.25, 0.3) is 0 Å². The summed E-state index contributed by atoms with van der Waals surface area (Å²) in [5.74, 6) is 0. The van der Waals surface area contributed by atoms with E-state index in [-0.39, 0.29) is 0 Å². The molecule has 0 bridgehead atoms. The number of carbonyl (C=O) groups is 1. The Balaban J connectivity index is 1.92. The van der Waals surface area contributed by atoms with Crippen LogP contribution in [0.15, 0.2) is 36.8 Å². The quantitative estimate of drug-likeness (QED) is 0.793. The second-order valence-electron chi connectivity index (χ2n) is 5.94. The fourth-order valence-corrected chi connectivity index (χ4v) is 1.90. The second-order valence-corrected chi connectivity index (χ2v) is 5.94. The van der Waals surface area contributed by atoms with Gasteiger partial charge in [-0.15, -0.1) is 0 Å². The van der Waals surface area contributed by atoms with E-state index in [1.165, 1.54) is 0 Å². The van der Waals surface area contributed by atoms with Crippen molar-refractivity contribution in [1.82, 2.24) is 15.3 Å². The number of imidazole rings is 1. The molecule has 1 amide bonds. The van der Waals surface area contributed by atoms with E-state index in [9.17, 15) is 4.79 Å². The van der Waals surface area contributed by atoms with Crippen LogP contribution in [-0.4, -0.2) is 21.7 Å². The summed E-state index contributed by atoms with van der Waals surface area (Å²) in [5.41, 5.74) is 2.46. The number of hydrogen-bond donors (Lipinski definition) is 3. The Hall–Kier alpha value is -2.50. The Bertz CT molecular complexity index is 603. The smallest absolute Gasteiger partial charge is 0.407 e. The van der Waals surface area contributed by atoms with Crippen LogP contribution in [-0.2, 0) is 17.8 Å². The Morgan fingerprint density at radius 2 is 2.05 bits per heavy atom. The lowest BCUT2D eigenvalue weighted by Crippen LogP contribution is -2.32. The number of H-pyrrole nitrogens is 1. The summed E-state index contributed by atoms with van der Waals surface area (Å²) in [5, 5.41) is 6.09. The molecular formula is C16H22N4O2. The molecule has 0 saturated carbocycles. The predicted octanol–water partition coefficient (Wildman–Crippen LogP) is 3.05. The number of aromatic amines is 1. The molecule has 1 aromatic carbocycles. The molecule has 0 aliphatic carbocycles. The Morgan fingerprint density at radius 1 is 1.27 bits per heavy atom. The van der Waals surface area contributed by atoms with E-state index in [1.807, 2.05) is 45.0 Å². The number of benzene rings is 1. The lowest BCUT2D eigenvalue weighted by atomic mass is 10.1. The number of anilines is 1. The fraction of sp³-hybridized carbons (Fsp3) is 0.375. The summed E-state index contributed by atoms with van der Waals surface area (Å²) in [6, 6.07) is 7.83. The highest BCUT2D eigenvalue weighted by atomic mass is 16.6. The minimum Gasteiger partial charge on any atom is -0.444 e. The van der Waals surface area contributed by atoms with E-state index >= 15 is 0 Å². The van der Waals surface area contributed by atoms with Gasteiger partial charge in [-0.25, -0.2) is 9.78 Å². The molecule has 0 aliphatic rings. The van der Waals surface area contributed by atoms with Gasteiger partial charge >= 0.3 is 6.09 Å². The monoisotopic (exact) mass is 302 g/mol. The number of hydrogen-bond acceptors (Lipinski definition) is 4. The number of alkyl carbamates (subject to hydrolysis) is 1. The second kappa shape index (κ2) is 6.98. The number of ether oxygens (including phenoxy) is 1. The van der Waals surface area contributed by atoms with Crippen LogP contribution in [0.25, 0.3) is 0 Å². The molecule has 0 saturated heterocycles. The molecule has 1 aromatic heterocycles. The fourth-order valence-electron chi connectivity index (χ4n) is 1.90. The third kappa shape index (κ3) is 5.12. The van der Waals surface area contributed by atoms with Crippen molar-refractivity contribution in [2.75, 3.05) is 5.32 Å². The molecular weight excluding hydrogens is 280 g/mol. The first-order valence-corrected chi connectivity index (χ1v) is 7.20. The van der Waals surface area contributed by atoms with Crippen molar-refractivity contribution in [3.05, 3.63) is 48.0 Å². The Morgan fingerprint density at radius 3 is 2.73 bits per heavy atom. The van der Waals surface area contributed by atoms with Crippen LogP contribution in [0.1, 0.15) is 32.0 Å². The number of amides is 1. The summed E-state index contributed by atoms with van der Waals surface area (Å²) in [6.45, 7) is 6.57. The molecule has 2 rings (SSSR count). The van der Waals surface area contributed by atoms with Crippen molar-refractivity contribution < 1.29 is 9.53 Å². The largest absolute Gasteiger partial charge is 0.444 e. The van der Waals surface area contributed by atoms with Crippen molar-refractivity contribution in [2.45, 2.75) is 39.5 Å². The van der Waals surface area contributed by atoms with Crippen molar-refractivity contribution >= 4 is 11.8 Å². The Kier molecular flexibility index (Phi) is 5.04. The van der Waals surface area contributed by atoms with Gasteiger partial charge in [-0.1, -0.05) is 18.2 Å². The van der Waals surface area contributed by atoms with E-state index in [0.717, 1.165) is 16.9 Å². The van der Waals surface area contributed by atoms with E-state index in [1.54, 1.807) is 12.5 Å². The van der Waals surface area contributed by atoms with Crippen LogP contribution in [0.2, 0.25) is 0 Å². The van der Waals surface area contributed by atoms with Crippen LogP contribution in [0, 0.1) is 0 Å². The maximum Gasteiger partial charge on any atom is 0.407 e. The van der Waals surface area contributed by atoms with Gasteiger partial charge in [0.1, 0.15) is 5.60 Å². The maximum absolute atomic E-state index is 11.7. The van der Waals surface area contributed by atoms with Crippen molar-refractivity contribution in [3.63, 3.8) is 0 Å². The van der Waals surface area contributed by atoms with Gasteiger partial charge in [0.15, 0.2) is 0 Å². The molecule has 6 nitrogen and oxygen atoms in total. The lowest BCUT2D eigenvalue weighted by Gasteiger charge is -2.20. The summed E-state index contributed by atoms with van der Waals surface area (Å²) in [7, 11) is 0. The average molecular weight is 302 g/mol. The highest BCUT2D eigenvalue weighted by molar-refractivity contribution is 5.68. The van der Waals surface area contributed by atoms with E-state index < -0.39 is 11.7 Å². The van der Waals surface area contributed by atoms with Crippen molar-refractivity contribution in [3.8, 4) is 0 Å². The average Bonchev–Trinajstić information content (AvgIpc) is 2.95. The van der Waals surface area contributed by atoms with Gasteiger partial charge in [0, 0.05) is 18.4 Å². The molecule has 2 aromatic rings. The molecule has 1 heterocycles. The number of nitrogens with zero attached hydrogens (tertiary/aromatic N) is 1. The summed E-state index contributed by atoms with van der Waals surface area (Å²) in [6.07, 6.45) is 3.00. The summed E-state index contributed by atoms with van der Waals surface area (Å²) < 4.78 is 5.23. The highest BCUT2D eigenvalue weighted by Crippen LogP contribution is 2.16. The van der Waals surface area contributed by atoms with Gasteiger partial charge in [0.2, 0.25) is 0 Å². The summed E-state index contributed by atoms with van der Waals surface area (Å²) >= 11 is 0. The van der Waals surface area contributed by atoms with Crippen LogP contribution in [0.4, 0.5) is 10.5 Å². The van der Waals surface area contributed by atoms with Gasteiger partial charge in [-0.2, -0.15) is 0 Å². The first-order valence-electron chi connectivity index (χ1n) is 7.20. The number of carbonyl (C=O) groups excluding carboxylic acids is 1. The van der Waals surface area contributed by atoms with Gasteiger partial charge in [-0.3, -0.25) is 0 Å². The van der Waals surface area contributed by atoms with Crippen LogP contribution in [0.3, 0.4) is 0 Å². The van der Waals surface area contributed by atoms with E-state index in [4.69, 9.17) is 4.74 Å². The molecule has 0 atom stereocenters. The molecule has 0 aliphatic heterocycles. The topological polar surface area (TPSA) is 79.0 Å². The normalized spacial score (nSPS) is 11.0. The third-order valence-electron chi connectivity index (χ3n) is 2.86. The number of rotatable bonds is 5. The lowest BCUT2D eigenvalue weighted by molar-refractivity contribution is 0.0523. The predicted molar refractivity (Wildman–Crippen MR) is 85.4 cm³/mol. The maximum atomic E-state index is 11.7. The standard InChI is InChI=1S/C16H22N4O2/c1-16(2,3)22-15(21)19-8-12-6-4-5-7-14(12)18-10-13-9-17-11-20-13/h4-7,9,11,18H,8,10H2,1-3H3,(H,17,20)(H,19,21). The first kappa shape index (κ1) is 15.9. The van der Waals surface area contributed by atoms with Crippen LogP contribution < -0.4 is 10.6 Å². The highest BCUT2D eigenvalue weighted by Gasteiger charge is 2.16. The molecule has 0 fully saturated rings. The zero-order valence-corrected chi connectivity index (χ0v) is 13.1. The number of para-hydroxylation sites is 1. The molecule has 0 radical (unpaired) electrons. The van der Waals surface area contributed by atoms with Gasteiger partial charge < -0.3 is 20.4 Å². The molecule has 6 heteroatoms. The first-order chi connectivity index (χ1) is 10.4. The van der Waals surface area contributed by atoms with E-state index in [0.29, 0.717) is 13.1 Å². The molecule has 118 valence electrons. The molecule has 0 spiro atoms. The Labute approximate surface area is 130 Å². The zero-order valence-electron chi connectivity index (χ0n) is 13.1. The molecule has 0 unspecified atom stereocenters. The minimum absolute atomic E-state index is 0.404. The number of aromatic nitrogens is 2. The van der Waals surface area contributed by atoms with Crippen molar-refractivity contribution in [2.24, 2.45) is 0 Å². The third-order valence-corrected chi connectivity index (χ3v) is 2.86. The molecule has 22 heavy (non-hydrogen) atoms. The van der Waals surface area contributed by atoms with Crippen LogP contribution in [0.5, 0.6) is 0 Å². The van der Waals surface area contributed by atoms with Gasteiger partial charge in [0.05, 0.1) is 18.6 Å². The minimum atomic E-state index is -0.498. The molecule has 3 N–H and O–H groups in total. The van der Waals surface area contributed by atoms with Crippen molar-refractivity contribution in [1.29, 1.82) is 0 Å². The number of nitrogens with one attached hydrogen (secondary N) is 3. The van der Waals surface area contributed by atoms with Crippen LogP contribution >= 0.6 is 0 Å². The van der Waals surface area contributed by atoms with Gasteiger partial charge in [-0.05, 0) is 32.4 Å².